The highest BCUT2D eigenvalue weighted by atomic mass is 35.5. The van der Waals surface area contributed by atoms with Crippen molar-refractivity contribution in [3.8, 4) is 5.75 Å². The molecule has 1 heterocycles. The van der Waals surface area contributed by atoms with Gasteiger partial charge < -0.3 is 10.1 Å². The number of carbonyl (C=O) groups excluding carboxylic acids is 1. The molecule has 1 aromatic heterocycles. The molecule has 0 unspecified atom stereocenters. The summed E-state index contributed by atoms with van der Waals surface area (Å²) in [5.74, 6) is -0.357. The molecule has 0 fully saturated rings. The first kappa shape index (κ1) is 23.8. The highest BCUT2D eigenvalue weighted by molar-refractivity contribution is 7.93. The van der Waals surface area contributed by atoms with Crippen molar-refractivity contribution in [3.63, 3.8) is 0 Å². The number of nitrogens with one attached hydrogen (secondary N) is 1. The summed E-state index contributed by atoms with van der Waals surface area (Å²) in [5, 5.41) is 3.18. The molecular formula is C22H21Cl2N3O4S. The predicted octanol–water partition coefficient (Wildman–Crippen LogP) is 4.22. The standard InChI is InChI=1S/C22H21Cl2N3O4S/c1-15-5-6-20(31-2)21(8-15)32(29,30)27(19-10-17(23)9-18(24)11-19)14-22(28)26-13-16-4-3-7-25-12-16/h3-12H,13-14H2,1-2H3,(H,26,28). The van der Waals surface area contributed by atoms with Gasteiger partial charge in [0.15, 0.2) is 0 Å². The van der Waals surface area contributed by atoms with E-state index >= 15 is 0 Å². The zero-order valence-electron chi connectivity index (χ0n) is 17.4. The van der Waals surface area contributed by atoms with Crippen LogP contribution in [0.25, 0.3) is 0 Å². The number of aromatic nitrogens is 1. The number of benzene rings is 2. The molecule has 0 aliphatic carbocycles. The first-order chi connectivity index (χ1) is 15.2. The van der Waals surface area contributed by atoms with E-state index in [9.17, 15) is 13.2 Å². The number of anilines is 1. The molecule has 168 valence electrons. The Morgan fingerprint density at radius 2 is 1.84 bits per heavy atom. The maximum atomic E-state index is 13.7. The van der Waals surface area contributed by atoms with Crippen LogP contribution in [0.3, 0.4) is 0 Å². The molecule has 1 amide bonds. The zero-order valence-corrected chi connectivity index (χ0v) is 19.7. The number of hydrogen-bond donors (Lipinski definition) is 1. The number of nitrogens with zero attached hydrogens (tertiary/aromatic N) is 2. The molecule has 3 rings (SSSR count). The topological polar surface area (TPSA) is 88.6 Å². The van der Waals surface area contributed by atoms with Gasteiger partial charge in [0.05, 0.1) is 12.8 Å². The number of carbonyl (C=O) groups is 1. The number of aryl methyl sites for hydroxylation is 1. The van der Waals surface area contributed by atoms with Crippen molar-refractivity contribution in [2.75, 3.05) is 18.0 Å². The summed E-state index contributed by atoms with van der Waals surface area (Å²) < 4.78 is 33.6. The summed E-state index contributed by atoms with van der Waals surface area (Å²) in [6, 6.07) is 12.7. The Labute approximate surface area is 197 Å². The van der Waals surface area contributed by atoms with E-state index in [0.29, 0.717) is 0 Å². The van der Waals surface area contributed by atoms with E-state index < -0.39 is 22.5 Å². The summed E-state index contributed by atoms with van der Waals surface area (Å²) in [7, 11) is -2.83. The van der Waals surface area contributed by atoms with Crippen LogP contribution in [0.1, 0.15) is 11.1 Å². The average molecular weight is 494 g/mol. The fourth-order valence-corrected chi connectivity index (χ4v) is 5.15. The molecule has 0 saturated carbocycles. The van der Waals surface area contributed by atoms with E-state index in [-0.39, 0.29) is 32.9 Å². The Kier molecular flexibility index (Phi) is 7.60. The van der Waals surface area contributed by atoms with Gasteiger partial charge in [-0.15, -0.1) is 0 Å². The van der Waals surface area contributed by atoms with Crippen LogP contribution in [0.4, 0.5) is 5.69 Å². The lowest BCUT2D eigenvalue weighted by molar-refractivity contribution is -0.119. The largest absolute Gasteiger partial charge is 0.495 e. The highest BCUT2D eigenvalue weighted by Gasteiger charge is 2.30. The van der Waals surface area contributed by atoms with Gasteiger partial charge >= 0.3 is 0 Å². The molecule has 3 aromatic rings. The van der Waals surface area contributed by atoms with Gasteiger partial charge in [-0.05, 0) is 54.4 Å². The van der Waals surface area contributed by atoms with E-state index in [0.717, 1.165) is 15.4 Å². The van der Waals surface area contributed by atoms with Crippen molar-refractivity contribution in [3.05, 3.63) is 82.1 Å². The number of halogens is 2. The molecule has 0 radical (unpaired) electrons. The summed E-state index contributed by atoms with van der Waals surface area (Å²) in [6.45, 7) is 1.47. The maximum absolute atomic E-state index is 13.7. The van der Waals surface area contributed by atoms with Crippen molar-refractivity contribution in [2.45, 2.75) is 18.4 Å². The number of sulfonamides is 1. The molecule has 0 aliphatic heterocycles. The van der Waals surface area contributed by atoms with Gasteiger partial charge in [0.25, 0.3) is 10.0 Å². The Balaban J connectivity index is 1.99. The predicted molar refractivity (Wildman–Crippen MR) is 125 cm³/mol. The van der Waals surface area contributed by atoms with Crippen molar-refractivity contribution >= 4 is 44.8 Å². The van der Waals surface area contributed by atoms with E-state index in [4.69, 9.17) is 27.9 Å². The molecule has 7 nitrogen and oxygen atoms in total. The third kappa shape index (κ3) is 5.70. The lowest BCUT2D eigenvalue weighted by Gasteiger charge is -2.25. The SMILES string of the molecule is COc1ccc(C)cc1S(=O)(=O)N(CC(=O)NCc1cccnc1)c1cc(Cl)cc(Cl)c1. The molecule has 0 spiro atoms. The minimum Gasteiger partial charge on any atom is -0.495 e. The average Bonchev–Trinajstić information content (AvgIpc) is 2.76. The normalized spacial score (nSPS) is 11.1. The first-order valence-electron chi connectivity index (χ1n) is 9.50. The van der Waals surface area contributed by atoms with Crippen molar-refractivity contribution in [2.24, 2.45) is 0 Å². The third-order valence-electron chi connectivity index (χ3n) is 4.52. The van der Waals surface area contributed by atoms with Crippen molar-refractivity contribution in [1.82, 2.24) is 10.3 Å². The Morgan fingerprint density at radius 3 is 2.47 bits per heavy atom. The molecule has 0 saturated heterocycles. The van der Waals surface area contributed by atoms with E-state index in [1.54, 1.807) is 43.6 Å². The number of rotatable bonds is 8. The van der Waals surface area contributed by atoms with Crippen LogP contribution in [-0.2, 0) is 21.4 Å². The number of pyridine rings is 1. The van der Waals surface area contributed by atoms with Crippen LogP contribution >= 0.6 is 23.2 Å². The number of methoxy groups -OCH3 is 1. The second-order valence-corrected chi connectivity index (χ2v) is 9.64. The van der Waals surface area contributed by atoms with E-state index in [2.05, 4.69) is 10.3 Å². The summed E-state index contributed by atoms with van der Waals surface area (Å²) in [4.78, 5) is 16.7. The fourth-order valence-electron chi connectivity index (χ4n) is 2.99. The summed E-state index contributed by atoms with van der Waals surface area (Å²) >= 11 is 12.2. The van der Waals surface area contributed by atoms with Gasteiger partial charge in [-0.2, -0.15) is 0 Å². The highest BCUT2D eigenvalue weighted by Crippen LogP contribution is 2.33. The molecule has 0 atom stereocenters. The van der Waals surface area contributed by atoms with Crippen molar-refractivity contribution in [1.29, 1.82) is 0 Å². The Morgan fingerprint density at radius 1 is 1.12 bits per heavy atom. The second-order valence-electron chi connectivity index (χ2n) is 6.93. The second kappa shape index (κ2) is 10.2. The monoisotopic (exact) mass is 493 g/mol. The van der Waals surface area contributed by atoms with Gasteiger partial charge in [-0.25, -0.2) is 8.42 Å². The van der Waals surface area contributed by atoms with Crippen LogP contribution in [0.2, 0.25) is 10.0 Å². The quantitative estimate of drug-likeness (QED) is 0.507. The molecule has 0 aliphatic rings. The molecule has 1 N–H and O–H groups in total. The first-order valence-corrected chi connectivity index (χ1v) is 11.7. The van der Waals surface area contributed by atoms with Crippen LogP contribution in [0, 0.1) is 6.92 Å². The Bertz CT molecular complexity index is 1200. The van der Waals surface area contributed by atoms with Crippen molar-refractivity contribution < 1.29 is 17.9 Å². The van der Waals surface area contributed by atoms with E-state index in [1.807, 2.05) is 0 Å². The fraction of sp³-hybridized carbons (Fsp3) is 0.182. The number of ether oxygens (including phenoxy) is 1. The third-order valence-corrected chi connectivity index (χ3v) is 6.75. The molecular weight excluding hydrogens is 473 g/mol. The van der Waals surface area contributed by atoms with Crippen LogP contribution < -0.4 is 14.4 Å². The van der Waals surface area contributed by atoms with Gasteiger partial charge in [-0.3, -0.25) is 14.1 Å². The molecule has 2 aromatic carbocycles. The smallest absolute Gasteiger partial charge is 0.268 e. The van der Waals surface area contributed by atoms with Crippen LogP contribution in [-0.4, -0.2) is 33.0 Å². The van der Waals surface area contributed by atoms with E-state index in [1.165, 1.54) is 31.4 Å². The van der Waals surface area contributed by atoms with Gasteiger partial charge in [0.2, 0.25) is 5.91 Å². The maximum Gasteiger partial charge on any atom is 0.268 e. The lowest BCUT2D eigenvalue weighted by atomic mass is 10.2. The Hall–Kier alpha value is -2.81. The number of amides is 1. The molecule has 10 heteroatoms. The van der Waals surface area contributed by atoms with Crippen LogP contribution in [0.15, 0.2) is 65.8 Å². The summed E-state index contributed by atoms with van der Waals surface area (Å²) in [6.07, 6.45) is 3.24. The lowest BCUT2D eigenvalue weighted by Crippen LogP contribution is -2.40. The minimum absolute atomic E-state index is 0.0730. The van der Waals surface area contributed by atoms with Gasteiger partial charge in [0, 0.05) is 29.0 Å². The number of hydrogen-bond acceptors (Lipinski definition) is 5. The van der Waals surface area contributed by atoms with Gasteiger partial charge in [0.1, 0.15) is 17.2 Å². The van der Waals surface area contributed by atoms with Crippen LogP contribution in [0.5, 0.6) is 5.75 Å². The molecule has 32 heavy (non-hydrogen) atoms. The molecule has 0 bridgehead atoms. The minimum atomic E-state index is -4.21. The summed E-state index contributed by atoms with van der Waals surface area (Å²) in [5.41, 5.74) is 1.65. The zero-order chi connectivity index (χ0) is 23.3. The van der Waals surface area contributed by atoms with Gasteiger partial charge in [-0.1, -0.05) is 35.3 Å².